The minimum absolute atomic E-state index is 0.0228. The molecular formula is C31H38O3. The lowest BCUT2D eigenvalue weighted by Crippen LogP contribution is -2.29. The second-order valence-corrected chi connectivity index (χ2v) is 10.3. The maximum atomic E-state index is 13.5. The summed E-state index contributed by atoms with van der Waals surface area (Å²) in [7, 11) is 0. The van der Waals surface area contributed by atoms with Gasteiger partial charge in [-0.15, -0.1) is 0 Å². The summed E-state index contributed by atoms with van der Waals surface area (Å²) in [5, 5.41) is 10.4. The predicted octanol–water partition coefficient (Wildman–Crippen LogP) is 7.79. The number of hydrogen-bond donors (Lipinski definition) is 1. The van der Waals surface area contributed by atoms with Crippen LogP contribution in [0.3, 0.4) is 0 Å². The smallest absolute Gasteiger partial charge is 0.193 e. The first-order valence-electron chi connectivity index (χ1n) is 12.5. The molecule has 0 saturated heterocycles. The van der Waals surface area contributed by atoms with Gasteiger partial charge in [0.15, 0.2) is 11.6 Å². The standard InChI is InChI=1S/C29H32O3.C2H6/c1-18-16-22-23(29(4,5)15-14-28(22,2)3)17-21(18)27(32)20-12-10-19(11-13-20)26-24(30)8-6-7-9-25(26)31;1-2/h10-17,30H,6-9H2,1-5H3;1-2H3. The van der Waals surface area contributed by atoms with Crippen molar-refractivity contribution in [3.63, 3.8) is 0 Å². The maximum absolute atomic E-state index is 13.5. The fraction of sp³-hybridized carbons (Fsp3) is 0.419. The number of benzene rings is 2. The summed E-state index contributed by atoms with van der Waals surface area (Å²) in [6.45, 7) is 14.8. The first kappa shape index (κ1) is 25.7. The molecule has 1 N–H and O–H groups in total. The van der Waals surface area contributed by atoms with E-state index in [1.165, 1.54) is 11.1 Å². The second kappa shape index (κ2) is 9.74. The Labute approximate surface area is 204 Å². The van der Waals surface area contributed by atoms with E-state index in [2.05, 4.69) is 52.0 Å². The van der Waals surface area contributed by atoms with Crippen molar-refractivity contribution in [2.45, 2.75) is 85.0 Å². The van der Waals surface area contributed by atoms with Gasteiger partial charge in [0.25, 0.3) is 0 Å². The van der Waals surface area contributed by atoms with Crippen LogP contribution in [0.1, 0.15) is 105 Å². The first-order valence-corrected chi connectivity index (χ1v) is 12.5. The maximum Gasteiger partial charge on any atom is 0.193 e. The summed E-state index contributed by atoms with van der Waals surface area (Å²) < 4.78 is 0. The zero-order valence-corrected chi connectivity index (χ0v) is 21.7. The number of aliphatic hydroxyl groups is 1. The average Bonchev–Trinajstić information content (AvgIpc) is 2.97. The molecule has 0 heterocycles. The van der Waals surface area contributed by atoms with Gasteiger partial charge in [0, 0.05) is 34.8 Å². The van der Waals surface area contributed by atoms with Gasteiger partial charge in [0.2, 0.25) is 0 Å². The van der Waals surface area contributed by atoms with E-state index < -0.39 is 0 Å². The summed E-state index contributed by atoms with van der Waals surface area (Å²) in [6.07, 6.45) is 7.08. The van der Waals surface area contributed by atoms with Crippen LogP contribution in [0.2, 0.25) is 0 Å². The lowest BCUT2D eigenvalue weighted by Gasteiger charge is -2.37. The van der Waals surface area contributed by atoms with Crippen LogP contribution in [-0.4, -0.2) is 16.7 Å². The fourth-order valence-corrected chi connectivity index (χ4v) is 4.88. The molecule has 0 radical (unpaired) electrons. The van der Waals surface area contributed by atoms with Crippen LogP contribution in [0.5, 0.6) is 0 Å². The van der Waals surface area contributed by atoms with Gasteiger partial charge in [-0.3, -0.25) is 9.59 Å². The molecule has 0 bridgehead atoms. The van der Waals surface area contributed by atoms with Gasteiger partial charge in [-0.05, 0) is 48.1 Å². The molecule has 0 amide bonds. The third-order valence-corrected chi connectivity index (χ3v) is 6.98. The number of hydrogen-bond acceptors (Lipinski definition) is 3. The molecule has 0 atom stereocenters. The van der Waals surface area contributed by atoms with Crippen LogP contribution < -0.4 is 0 Å². The predicted molar refractivity (Wildman–Crippen MR) is 141 cm³/mol. The molecule has 0 unspecified atom stereocenters. The van der Waals surface area contributed by atoms with Crippen molar-refractivity contribution in [3.8, 4) is 0 Å². The van der Waals surface area contributed by atoms with Crippen molar-refractivity contribution in [2.24, 2.45) is 0 Å². The molecule has 34 heavy (non-hydrogen) atoms. The third-order valence-electron chi connectivity index (χ3n) is 6.98. The molecule has 180 valence electrons. The zero-order chi connectivity index (χ0) is 25.3. The molecule has 0 spiro atoms. The molecule has 4 rings (SSSR count). The Balaban J connectivity index is 0.00000158. The molecule has 0 aliphatic heterocycles. The Bertz CT molecular complexity index is 1160. The van der Waals surface area contributed by atoms with E-state index in [1.807, 2.05) is 20.8 Å². The van der Waals surface area contributed by atoms with E-state index in [4.69, 9.17) is 0 Å². The Kier molecular flexibility index (Phi) is 7.35. The lowest BCUT2D eigenvalue weighted by atomic mass is 9.67. The lowest BCUT2D eigenvalue weighted by molar-refractivity contribution is -0.113. The number of aryl methyl sites for hydroxylation is 1. The first-order chi connectivity index (χ1) is 16.0. The van der Waals surface area contributed by atoms with E-state index in [-0.39, 0.29) is 28.2 Å². The van der Waals surface area contributed by atoms with Gasteiger partial charge in [-0.25, -0.2) is 0 Å². The average molecular weight is 459 g/mol. The number of allylic oxidation sites excluding steroid dienone is 4. The Morgan fingerprint density at radius 1 is 0.853 bits per heavy atom. The molecule has 2 aliphatic rings. The number of Topliss-reactive ketones (excluding diaryl/α,β-unsaturated/α-hetero) is 1. The highest BCUT2D eigenvalue weighted by atomic mass is 16.3. The van der Waals surface area contributed by atoms with Gasteiger partial charge >= 0.3 is 0 Å². The van der Waals surface area contributed by atoms with E-state index >= 15 is 0 Å². The molecule has 2 aromatic carbocycles. The Hall–Kier alpha value is -2.94. The number of carbonyl (C=O) groups excluding carboxylic acids is 2. The largest absolute Gasteiger partial charge is 0.512 e. The van der Waals surface area contributed by atoms with Crippen molar-refractivity contribution in [3.05, 3.63) is 87.7 Å². The molecule has 0 fully saturated rings. The van der Waals surface area contributed by atoms with Crippen molar-refractivity contribution < 1.29 is 14.7 Å². The van der Waals surface area contributed by atoms with E-state index in [9.17, 15) is 14.7 Å². The van der Waals surface area contributed by atoms with Crippen molar-refractivity contribution in [1.29, 1.82) is 0 Å². The normalized spacial score (nSPS) is 18.5. The molecule has 3 heteroatoms. The summed E-state index contributed by atoms with van der Waals surface area (Å²) >= 11 is 0. The van der Waals surface area contributed by atoms with Crippen LogP contribution in [-0.2, 0) is 15.6 Å². The van der Waals surface area contributed by atoms with Crippen molar-refractivity contribution in [1.82, 2.24) is 0 Å². The molecule has 0 saturated carbocycles. The molecule has 2 aromatic rings. The number of ketones is 2. The highest BCUT2D eigenvalue weighted by Crippen LogP contribution is 2.42. The fourth-order valence-electron chi connectivity index (χ4n) is 4.88. The van der Waals surface area contributed by atoms with Crippen LogP contribution in [0.25, 0.3) is 5.57 Å². The second-order valence-electron chi connectivity index (χ2n) is 10.3. The van der Waals surface area contributed by atoms with Crippen molar-refractivity contribution >= 4 is 17.1 Å². The van der Waals surface area contributed by atoms with E-state index in [1.54, 1.807) is 24.3 Å². The van der Waals surface area contributed by atoms with E-state index in [0.717, 1.165) is 18.4 Å². The Morgan fingerprint density at radius 2 is 1.38 bits per heavy atom. The van der Waals surface area contributed by atoms with Gasteiger partial charge in [-0.2, -0.15) is 0 Å². The summed E-state index contributed by atoms with van der Waals surface area (Å²) in [5.41, 5.74) is 5.60. The number of aliphatic hydroxyl groups excluding tert-OH is 1. The van der Waals surface area contributed by atoms with Crippen molar-refractivity contribution in [2.75, 3.05) is 0 Å². The number of fused-ring (bicyclic) bond motifs is 1. The monoisotopic (exact) mass is 458 g/mol. The van der Waals surface area contributed by atoms with E-state index in [0.29, 0.717) is 35.1 Å². The van der Waals surface area contributed by atoms with Crippen LogP contribution in [0.15, 0.2) is 54.3 Å². The van der Waals surface area contributed by atoms with Crippen LogP contribution in [0.4, 0.5) is 0 Å². The summed E-state index contributed by atoms with van der Waals surface area (Å²) in [6, 6.07) is 11.3. The highest BCUT2D eigenvalue weighted by Gasteiger charge is 2.34. The SMILES string of the molecule is CC.Cc1cc2c(cc1C(=O)c1ccc(C3=C(O)CCCCC3=O)cc1)C(C)(C)C=CC2(C)C. The summed E-state index contributed by atoms with van der Waals surface area (Å²) in [4.78, 5) is 25.9. The minimum atomic E-state index is -0.138. The molecule has 3 nitrogen and oxygen atoms in total. The molecule has 0 aromatic heterocycles. The van der Waals surface area contributed by atoms with Gasteiger partial charge in [-0.1, -0.05) is 84.0 Å². The topological polar surface area (TPSA) is 54.4 Å². The molecular weight excluding hydrogens is 420 g/mol. The number of carbonyl (C=O) groups is 2. The van der Waals surface area contributed by atoms with Crippen LogP contribution in [0, 0.1) is 6.92 Å². The molecule has 2 aliphatic carbocycles. The third kappa shape index (κ3) is 4.80. The quantitative estimate of drug-likeness (QED) is 0.377. The minimum Gasteiger partial charge on any atom is -0.512 e. The zero-order valence-electron chi connectivity index (χ0n) is 21.7. The van der Waals surface area contributed by atoms with Gasteiger partial charge < -0.3 is 5.11 Å². The highest BCUT2D eigenvalue weighted by molar-refractivity contribution is 6.21. The van der Waals surface area contributed by atoms with Gasteiger partial charge in [0.05, 0.1) is 5.57 Å². The van der Waals surface area contributed by atoms with Gasteiger partial charge in [0.1, 0.15) is 5.76 Å². The Morgan fingerprint density at radius 3 is 1.97 bits per heavy atom. The van der Waals surface area contributed by atoms with Crippen LogP contribution >= 0.6 is 0 Å². The summed E-state index contributed by atoms with van der Waals surface area (Å²) in [5.74, 6) is 0.114. The number of rotatable bonds is 3.